The lowest BCUT2D eigenvalue weighted by molar-refractivity contribution is -0.700. The van der Waals surface area contributed by atoms with Gasteiger partial charge in [-0.1, -0.05) is 6.07 Å². The second kappa shape index (κ2) is 3.71. The molecule has 0 radical (unpaired) electrons. The molecule has 0 aliphatic rings. The second-order valence-corrected chi connectivity index (χ2v) is 2.28. The number of hydrogen-bond acceptors (Lipinski definition) is 1. The van der Waals surface area contributed by atoms with Crippen molar-refractivity contribution >= 4 is 5.91 Å². The molecular formula is C8H11N2O+. The average molecular weight is 151 g/mol. The predicted octanol–water partition coefficient (Wildman–Crippen LogP) is 0.0677. The maximum Gasteiger partial charge on any atom is 0.223 e. The van der Waals surface area contributed by atoms with Gasteiger partial charge in [0.2, 0.25) is 12.6 Å². The molecule has 58 valence electrons. The highest BCUT2D eigenvalue weighted by molar-refractivity contribution is 5.72. The summed E-state index contributed by atoms with van der Waals surface area (Å²) in [4.78, 5) is 10.5. The first-order valence-electron chi connectivity index (χ1n) is 3.47. The molecular weight excluding hydrogens is 140 g/mol. The minimum absolute atomic E-state index is 0.0126. The van der Waals surface area contributed by atoms with E-state index < -0.39 is 0 Å². The standard InChI is InChI=1S/C8H10N2O/c1-8(11)9-7-10-5-3-2-4-6-10/h2-6H,7H2,1H3/p+1. The van der Waals surface area contributed by atoms with E-state index in [-0.39, 0.29) is 5.91 Å². The van der Waals surface area contributed by atoms with Gasteiger partial charge in [0, 0.05) is 19.1 Å². The zero-order valence-electron chi connectivity index (χ0n) is 6.45. The summed E-state index contributed by atoms with van der Waals surface area (Å²) < 4.78 is 1.89. The van der Waals surface area contributed by atoms with Crippen molar-refractivity contribution in [3.05, 3.63) is 30.6 Å². The Kier molecular flexibility index (Phi) is 2.60. The van der Waals surface area contributed by atoms with Gasteiger partial charge in [0.05, 0.1) is 0 Å². The Balaban J connectivity index is 2.45. The lowest BCUT2D eigenvalue weighted by atomic mass is 10.5. The summed E-state index contributed by atoms with van der Waals surface area (Å²) in [6, 6.07) is 5.77. The molecule has 1 aromatic rings. The van der Waals surface area contributed by atoms with Gasteiger partial charge in [-0.05, 0) is 0 Å². The van der Waals surface area contributed by atoms with Crippen LogP contribution in [0.2, 0.25) is 0 Å². The van der Waals surface area contributed by atoms with Crippen molar-refractivity contribution in [3.8, 4) is 0 Å². The van der Waals surface area contributed by atoms with Crippen LogP contribution in [-0.4, -0.2) is 5.91 Å². The maximum absolute atomic E-state index is 10.5. The van der Waals surface area contributed by atoms with E-state index in [1.165, 1.54) is 6.92 Å². The molecule has 0 saturated heterocycles. The molecule has 1 amide bonds. The Labute approximate surface area is 65.7 Å². The Morgan fingerprint density at radius 1 is 1.36 bits per heavy atom. The zero-order chi connectivity index (χ0) is 8.10. The first kappa shape index (κ1) is 7.72. The minimum atomic E-state index is -0.0126. The summed E-state index contributed by atoms with van der Waals surface area (Å²) >= 11 is 0. The number of aromatic nitrogens is 1. The van der Waals surface area contributed by atoms with Gasteiger partial charge in [0.1, 0.15) is 0 Å². The van der Waals surface area contributed by atoms with Gasteiger partial charge in [0.15, 0.2) is 12.4 Å². The third-order valence-corrected chi connectivity index (χ3v) is 1.29. The molecule has 1 aromatic heterocycles. The number of hydrogen-bond donors (Lipinski definition) is 1. The molecule has 3 heteroatoms. The Morgan fingerprint density at radius 2 is 2.00 bits per heavy atom. The van der Waals surface area contributed by atoms with E-state index in [1.54, 1.807) is 0 Å². The highest BCUT2D eigenvalue weighted by Gasteiger charge is 1.96. The number of amides is 1. The molecule has 3 nitrogen and oxygen atoms in total. The molecule has 0 bridgehead atoms. The molecule has 0 atom stereocenters. The van der Waals surface area contributed by atoms with Crippen LogP contribution in [-0.2, 0) is 11.5 Å². The van der Waals surface area contributed by atoms with Crippen molar-refractivity contribution in [1.29, 1.82) is 0 Å². The Morgan fingerprint density at radius 3 is 2.55 bits per heavy atom. The number of nitrogens with one attached hydrogen (secondary N) is 1. The molecule has 1 rings (SSSR count). The van der Waals surface area contributed by atoms with Crippen molar-refractivity contribution in [2.24, 2.45) is 0 Å². The van der Waals surface area contributed by atoms with Crippen LogP contribution in [0, 0.1) is 0 Å². The first-order valence-corrected chi connectivity index (χ1v) is 3.47. The summed E-state index contributed by atoms with van der Waals surface area (Å²) in [7, 11) is 0. The van der Waals surface area contributed by atoms with E-state index in [9.17, 15) is 4.79 Å². The van der Waals surface area contributed by atoms with E-state index in [4.69, 9.17) is 0 Å². The number of nitrogens with zero attached hydrogens (tertiary/aromatic N) is 1. The fourth-order valence-corrected chi connectivity index (χ4v) is 0.742. The van der Waals surface area contributed by atoms with E-state index in [0.29, 0.717) is 6.67 Å². The van der Waals surface area contributed by atoms with Crippen LogP contribution >= 0.6 is 0 Å². The molecule has 0 saturated carbocycles. The van der Waals surface area contributed by atoms with Crippen LogP contribution in [0.25, 0.3) is 0 Å². The van der Waals surface area contributed by atoms with Gasteiger partial charge >= 0.3 is 0 Å². The minimum Gasteiger partial charge on any atom is -0.301 e. The molecule has 0 fully saturated rings. The van der Waals surface area contributed by atoms with Crippen LogP contribution in [0.5, 0.6) is 0 Å². The van der Waals surface area contributed by atoms with Crippen LogP contribution in [0.4, 0.5) is 0 Å². The Hall–Kier alpha value is -1.38. The van der Waals surface area contributed by atoms with E-state index >= 15 is 0 Å². The molecule has 0 aliphatic carbocycles. The van der Waals surface area contributed by atoms with Crippen molar-refractivity contribution in [2.45, 2.75) is 13.6 Å². The van der Waals surface area contributed by atoms with E-state index in [0.717, 1.165) is 0 Å². The normalized spacial score (nSPS) is 9.18. The molecule has 0 aliphatic heterocycles. The zero-order valence-corrected chi connectivity index (χ0v) is 6.45. The van der Waals surface area contributed by atoms with Gasteiger partial charge in [-0.3, -0.25) is 4.79 Å². The van der Waals surface area contributed by atoms with Crippen molar-refractivity contribution in [3.63, 3.8) is 0 Å². The lowest BCUT2D eigenvalue weighted by Gasteiger charge is -1.95. The summed E-state index contributed by atoms with van der Waals surface area (Å²) in [6.07, 6.45) is 3.80. The predicted molar refractivity (Wildman–Crippen MR) is 40.5 cm³/mol. The van der Waals surface area contributed by atoms with Crippen LogP contribution in [0.1, 0.15) is 6.92 Å². The number of carbonyl (C=O) groups excluding carboxylic acids is 1. The van der Waals surface area contributed by atoms with Gasteiger partial charge in [-0.2, -0.15) is 4.57 Å². The van der Waals surface area contributed by atoms with E-state index in [2.05, 4.69) is 5.32 Å². The van der Waals surface area contributed by atoms with Crippen LogP contribution in [0.3, 0.4) is 0 Å². The topological polar surface area (TPSA) is 33.0 Å². The molecule has 0 unspecified atom stereocenters. The number of rotatable bonds is 2. The van der Waals surface area contributed by atoms with Crippen molar-refractivity contribution < 1.29 is 9.36 Å². The smallest absolute Gasteiger partial charge is 0.223 e. The summed E-state index contributed by atoms with van der Waals surface area (Å²) in [5.74, 6) is -0.0126. The van der Waals surface area contributed by atoms with Gasteiger partial charge in [-0.25, -0.2) is 0 Å². The van der Waals surface area contributed by atoms with Crippen LogP contribution in [0.15, 0.2) is 30.6 Å². The fourth-order valence-electron chi connectivity index (χ4n) is 0.742. The monoisotopic (exact) mass is 151 g/mol. The first-order chi connectivity index (χ1) is 5.29. The largest absolute Gasteiger partial charge is 0.301 e. The van der Waals surface area contributed by atoms with Crippen molar-refractivity contribution in [2.75, 3.05) is 0 Å². The number of carbonyl (C=O) groups is 1. The highest BCUT2D eigenvalue weighted by Crippen LogP contribution is 1.74. The lowest BCUT2D eigenvalue weighted by Crippen LogP contribution is -2.42. The molecule has 0 aromatic carbocycles. The third-order valence-electron chi connectivity index (χ3n) is 1.29. The van der Waals surface area contributed by atoms with E-state index in [1.807, 2.05) is 35.2 Å². The summed E-state index contributed by atoms with van der Waals surface area (Å²) in [5, 5.41) is 2.69. The summed E-state index contributed by atoms with van der Waals surface area (Å²) in [6.45, 7) is 2.04. The maximum atomic E-state index is 10.5. The molecule has 1 heterocycles. The Bertz CT molecular complexity index is 233. The van der Waals surface area contributed by atoms with Crippen LogP contribution < -0.4 is 9.88 Å². The average Bonchev–Trinajstić information content (AvgIpc) is 2.03. The van der Waals surface area contributed by atoms with Gasteiger partial charge in [0.25, 0.3) is 0 Å². The van der Waals surface area contributed by atoms with Crippen molar-refractivity contribution in [1.82, 2.24) is 5.32 Å². The molecule has 11 heavy (non-hydrogen) atoms. The molecule has 1 N–H and O–H groups in total. The highest BCUT2D eigenvalue weighted by atomic mass is 16.1. The third kappa shape index (κ3) is 2.80. The quantitative estimate of drug-likeness (QED) is 0.596. The van der Waals surface area contributed by atoms with Gasteiger partial charge in [-0.15, -0.1) is 0 Å². The SMILES string of the molecule is CC(=O)NC[n+]1ccccc1. The summed E-state index contributed by atoms with van der Waals surface area (Å²) in [5.41, 5.74) is 0. The fraction of sp³-hybridized carbons (Fsp3) is 0.250. The second-order valence-electron chi connectivity index (χ2n) is 2.28. The number of pyridine rings is 1. The van der Waals surface area contributed by atoms with Gasteiger partial charge < -0.3 is 5.32 Å². The molecule has 0 spiro atoms.